The quantitative estimate of drug-likeness (QED) is 0.326. The monoisotopic (exact) mass is 487 g/mol. The highest BCUT2D eigenvalue weighted by Crippen LogP contribution is 2.32. The molecule has 1 fully saturated rings. The van der Waals surface area contributed by atoms with Crippen molar-refractivity contribution in [1.82, 2.24) is 5.32 Å². The number of nitrogens with two attached hydrogens (primary N) is 1. The number of guanidine groups is 1. The molecule has 24 heavy (non-hydrogen) atoms. The van der Waals surface area contributed by atoms with Crippen molar-refractivity contribution in [3.8, 4) is 0 Å². The lowest BCUT2D eigenvalue weighted by Gasteiger charge is -2.24. The van der Waals surface area contributed by atoms with Crippen LogP contribution in [0.1, 0.15) is 31.4 Å². The van der Waals surface area contributed by atoms with Crippen LogP contribution in [0.25, 0.3) is 0 Å². The van der Waals surface area contributed by atoms with E-state index in [1.54, 1.807) is 12.1 Å². The van der Waals surface area contributed by atoms with Gasteiger partial charge >= 0.3 is 0 Å². The molecule has 5 nitrogen and oxygen atoms in total. The molecule has 1 aliphatic heterocycles. The predicted octanol–water partition coefficient (Wildman–Crippen LogP) is 3.37. The highest BCUT2D eigenvalue weighted by molar-refractivity contribution is 14.0. The summed E-state index contributed by atoms with van der Waals surface area (Å²) in [6.07, 6.45) is 1.56. The van der Waals surface area contributed by atoms with E-state index in [1.807, 2.05) is 13.0 Å². The van der Waals surface area contributed by atoms with Crippen molar-refractivity contribution < 1.29 is 9.84 Å². The van der Waals surface area contributed by atoms with Crippen LogP contribution in [0.2, 0.25) is 10.0 Å². The molecule has 4 N–H and O–H groups in total. The summed E-state index contributed by atoms with van der Waals surface area (Å²) in [6, 6.07) is 5.28. The van der Waals surface area contributed by atoms with Gasteiger partial charge in [0.2, 0.25) is 0 Å². The summed E-state index contributed by atoms with van der Waals surface area (Å²) < 4.78 is 5.45. The van der Waals surface area contributed by atoms with Crippen LogP contribution < -0.4 is 11.1 Å². The number of nitrogens with one attached hydrogen (secondary N) is 1. The molecule has 8 heteroatoms. The Morgan fingerprint density at radius 2 is 2.25 bits per heavy atom. The standard InChI is InChI=1S/C16H23Cl2N3O2.HI/c1-11(13-3-2-12(17)8-14(13)18)21-15(19)20-9-16(4-6-22)5-7-23-10-16;/h2-3,8,11,22H,4-7,9-10H2,1H3,(H3,19,20,21);1H. The number of hydrogen-bond acceptors (Lipinski definition) is 3. The smallest absolute Gasteiger partial charge is 0.189 e. The van der Waals surface area contributed by atoms with Gasteiger partial charge in [-0.2, -0.15) is 0 Å². The third-order valence-electron chi connectivity index (χ3n) is 4.21. The maximum atomic E-state index is 9.23. The summed E-state index contributed by atoms with van der Waals surface area (Å²) in [5, 5.41) is 13.6. The van der Waals surface area contributed by atoms with Crippen LogP contribution in [0.15, 0.2) is 23.2 Å². The molecule has 0 bridgehead atoms. The maximum absolute atomic E-state index is 9.23. The Bertz CT molecular complexity index is 566. The average Bonchev–Trinajstić information content (AvgIpc) is 2.94. The second-order valence-electron chi connectivity index (χ2n) is 6.01. The fourth-order valence-corrected chi connectivity index (χ4v) is 3.31. The van der Waals surface area contributed by atoms with Gasteiger partial charge in [0.05, 0.1) is 19.2 Å². The number of aliphatic hydroxyl groups is 1. The zero-order chi connectivity index (χ0) is 16.9. The Kier molecular flexibility index (Phi) is 9.08. The molecule has 1 aromatic carbocycles. The van der Waals surface area contributed by atoms with Crippen LogP contribution in [0, 0.1) is 5.41 Å². The normalized spacial score (nSPS) is 22.1. The third-order valence-corrected chi connectivity index (χ3v) is 4.77. The fourth-order valence-electron chi connectivity index (χ4n) is 2.74. The van der Waals surface area contributed by atoms with E-state index in [0.29, 0.717) is 42.2 Å². The topological polar surface area (TPSA) is 79.9 Å². The Morgan fingerprint density at radius 1 is 1.50 bits per heavy atom. The SMILES string of the molecule is CC(NC(N)=NCC1(CCO)CCOC1)c1ccc(Cl)cc1Cl.I. The van der Waals surface area contributed by atoms with Gasteiger partial charge in [0, 0.05) is 28.7 Å². The van der Waals surface area contributed by atoms with Crippen LogP contribution in [-0.2, 0) is 4.74 Å². The van der Waals surface area contributed by atoms with Crippen LogP contribution in [0.4, 0.5) is 0 Å². The molecule has 2 unspecified atom stereocenters. The number of rotatable bonds is 6. The summed E-state index contributed by atoms with van der Waals surface area (Å²) in [4.78, 5) is 4.43. The van der Waals surface area contributed by atoms with E-state index < -0.39 is 0 Å². The molecule has 2 atom stereocenters. The number of ether oxygens (including phenoxy) is 1. The molecule has 2 rings (SSSR count). The number of aliphatic hydroxyl groups excluding tert-OH is 1. The first-order valence-electron chi connectivity index (χ1n) is 7.66. The van der Waals surface area contributed by atoms with E-state index >= 15 is 0 Å². The van der Waals surface area contributed by atoms with E-state index in [0.717, 1.165) is 12.0 Å². The molecule has 1 saturated heterocycles. The van der Waals surface area contributed by atoms with Gasteiger partial charge in [-0.05, 0) is 37.5 Å². The fraction of sp³-hybridized carbons (Fsp3) is 0.562. The molecular weight excluding hydrogens is 464 g/mol. The average molecular weight is 488 g/mol. The highest BCUT2D eigenvalue weighted by Gasteiger charge is 2.34. The molecular formula is C16H24Cl2IN3O2. The summed E-state index contributed by atoms with van der Waals surface area (Å²) in [7, 11) is 0. The van der Waals surface area contributed by atoms with Gasteiger partial charge in [-0.15, -0.1) is 24.0 Å². The second kappa shape index (κ2) is 10.0. The zero-order valence-electron chi connectivity index (χ0n) is 13.6. The summed E-state index contributed by atoms with van der Waals surface area (Å²) in [5.74, 6) is 0.354. The molecule has 0 radical (unpaired) electrons. The summed E-state index contributed by atoms with van der Waals surface area (Å²) in [6.45, 7) is 3.94. The third kappa shape index (κ3) is 5.91. The van der Waals surface area contributed by atoms with Gasteiger partial charge in [0.1, 0.15) is 0 Å². The maximum Gasteiger partial charge on any atom is 0.189 e. The summed E-state index contributed by atoms with van der Waals surface area (Å²) >= 11 is 12.1. The lowest BCUT2D eigenvalue weighted by Crippen LogP contribution is -2.36. The number of nitrogens with zero attached hydrogens (tertiary/aromatic N) is 1. The van der Waals surface area contributed by atoms with Crippen molar-refractivity contribution in [3.63, 3.8) is 0 Å². The minimum absolute atomic E-state index is 0. The molecule has 136 valence electrons. The van der Waals surface area contributed by atoms with Gasteiger partial charge in [0.15, 0.2) is 5.96 Å². The van der Waals surface area contributed by atoms with E-state index in [4.69, 9.17) is 33.7 Å². The lowest BCUT2D eigenvalue weighted by molar-refractivity contribution is 0.131. The van der Waals surface area contributed by atoms with Crippen molar-refractivity contribution in [2.45, 2.75) is 25.8 Å². The number of hydrogen-bond donors (Lipinski definition) is 3. The van der Waals surface area contributed by atoms with Crippen LogP contribution in [0.5, 0.6) is 0 Å². The molecule has 1 aliphatic rings. The molecule has 0 aromatic heterocycles. The van der Waals surface area contributed by atoms with E-state index in [1.165, 1.54) is 0 Å². The van der Waals surface area contributed by atoms with E-state index in [2.05, 4.69) is 10.3 Å². The first-order valence-corrected chi connectivity index (χ1v) is 8.41. The van der Waals surface area contributed by atoms with Crippen molar-refractivity contribution in [2.75, 3.05) is 26.4 Å². The number of halogens is 3. The van der Waals surface area contributed by atoms with Crippen molar-refractivity contribution in [3.05, 3.63) is 33.8 Å². The highest BCUT2D eigenvalue weighted by atomic mass is 127. The van der Waals surface area contributed by atoms with Gasteiger partial charge in [0.25, 0.3) is 0 Å². The van der Waals surface area contributed by atoms with Crippen LogP contribution >= 0.6 is 47.2 Å². The largest absolute Gasteiger partial charge is 0.396 e. The molecule has 0 aliphatic carbocycles. The minimum atomic E-state index is -0.109. The van der Waals surface area contributed by atoms with Crippen LogP contribution in [0.3, 0.4) is 0 Å². The Labute approximate surface area is 170 Å². The number of aliphatic imine (C=N–C) groups is 1. The van der Waals surface area contributed by atoms with Gasteiger partial charge in [-0.3, -0.25) is 4.99 Å². The molecule has 1 heterocycles. The van der Waals surface area contributed by atoms with Crippen molar-refractivity contribution >= 4 is 53.1 Å². The summed E-state index contributed by atoms with van der Waals surface area (Å²) in [5.41, 5.74) is 6.79. The Morgan fingerprint density at radius 3 is 2.83 bits per heavy atom. The van der Waals surface area contributed by atoms with E-state index in [-0.39, 0.29) is 42.0 Å². The van der Waals surface area contributed by atoms with Gasteiger partial charge in [-0.1, -0.05) is 29.3 Å². The van der Waals surface area contributed by atoms with Crippen molar-refractivity contribution in [1.29, 1.82) is 0 Å². The minimum Gasteiger partial charge on any atom is -0.396 e. The second-order valence-corrected chi connectivity index (χ2v) is 6.85. The van der Waals surface area contributed by atoms with Gasteiger partial charge in [-0.25, -0.2) is 0 Å². The first kappa shape index (κ1) is 21.8. The van der Waals surface area contributed by atoms with E-state index in [9.17, 15) is 5.11 Å². The number of benzene rings is 1. The van der Waals surface area contributed by atoms with Gasteiger partial charge < -0.3 is 20.9 Å². The molecule has 0 saturated carbocycles. The molecule has 1 aromatic rings. The molecule has 0 amide bonds. The Hall–Kier alpha value is -0.280. The molecule has 0 spiro atoms. The van der Waals surface area contributed by atoms with Crippen LogP contribution in [-0.4, -0.2) is 37.4 Å². The lowest BCUT2D eigenvalue weighted by atomic mass is 9.84. The first-order chi connectivity index (χ1) is 11.0. The van der Waals surface area contributed by atoms with Crippen molar-refractivity contribution in [2.24, 2.45) is 16.1 Å². The Balaban J connectivity index is 0.00000288. The zero-order valence-corrected chi connectivity index (χ0v) is 17.4. The predicted molar refractivity (Wildman–Crippen MR) is 109 cm³/mol.